The Morgan fingerprint density at radius 1 is 1.08 bits per heavy atom. The molecule has 0 spiro atoms. The highest BCUT2D eigenvalue weighted by atomic mass is 19.1. The van der Waals surface area contributed by atoms with Crippen molar-refractivity contribution in [3.05, 3.63) is 89.4 Å². The first-order valence-corrected chi connectivity index (χ1v) is 8.24. The van der Waals surface area contributed by atoms with Gasteiger partial charge in [0, 0.05) is 29.2 Å². The summed E-state index contributed by atoms with van der Waals surface area (Å²) in [6.45, 7) is 4.85. The molecule has 0 saturated heterocycles. The predicted molar refractivity (Wildman–Crippen MR) is 101 cm³/mol. The molecule has 3 heteroatoms. The van der Waals surface area contributed by atoms with Crippen LogP contribution in [0.5, 0.6) is 0 Å². The van der Waals surface area contributed by atoms with E-state index in [2.05, 4.69) is 24.5 Å². The number of carbonyl (C=O) groups excluding carboxylic acids is 1. The van der Waals surface area contributed by atoms with Crippen LogP contribution >= 0.6 is 0 Å². The van der Waals surface area contributed by atoms with Crippen molar-refractivity contribution in [3.8, 4) is 0 Å². The molecule has 1 heterocycles. The maximum atomic E-state index is 13.0. The highest BCUT2D eigenvalue weighted by Crippen LogP contribution is 2.22. The number of fused-ring (bicyclic) bond motifs is 1. The smallest absolute Gasteiger partial charge is 0.188 e. The highest BCUT2D eigenvalue weighted by Gasteiger charge is 2.12. The van der Waals surface area contributed by atoms with E-state index < -0.39 is 0 Å². The van der Waals surface area contributed by atoms with Gasteiger partial charge in [-0.25, -0.2) is 4.39 Å². The molecule has 0 atom stereocenters. The fraction of sp³-hybridized carbons (Fsp3) is 0.136. The number of hydrogen-bond acceptors (Lipinski definition) is 1. The van der Waals surface area contributed by atoms with E-state index in [1.54, 1.807) is 24.3 Å². The molecule has 0 N–H and O–H groups in total. The summed E-state index contributed by atoms with van der Waals surface area (Å²) in [6.07, 6.45) is 7.29. The van der Waals surface area contributed by atoms with Gasteiger partial charge < -0.3 is 4.57 Å². The van der Waals surface area contributed by atoms with Crippen LogP contribution in [0.1, 0.15) is 29.8 Å². The average molecular weight is 333 g/mol. The van der Waals surface area contributed by atoms with Gasteiger partial charge in [-0.2, -0.15) is 0 Å². The van der Waals surface area contributed by atoms with E-state index in [9.17, 15) is 9.18 Å². The minimum Gasteiger partial charge on any atom is -0.343 e. The molecule has 0 amide bonds. The van der Waals surface area contributed by atoms with Gasteiger partial charge in [0.15, 0.2) is 5.78 Å². The molecule has 0 saturated carbocycles. The van der Waals surface area contributed by atoms with Crippen LogP contribution in [0, 0.1) is 5.82 Å². The summed E-state index contributed by atoms with van der Waals surface area (Å²) in [5, 5.41) is 0.943. The lowest BCUT2D eigenvalue weighted by Crippen LogP contribution is -1.95. The molecule has 0 radical (unpaired) electrons. The summed E-state index contributed by atoms with van der Waals surface area (Å²) >= 11 is 0. The maximum absolute atomic E-state index is 13.0. The Kier molecular flexibility index (Phi) is 4.94. The molecular formula is C22H20FNO. The second kappa shape index (κ2) is 7.31. The van der Waals surface area contributed by atoms with Crippen LogP contribution in [0.25, 0.3) is 17.0 Å². The molecule has 0 aliphatic heterocycles. The van der Waals surface area contributed by atoms with Crippen LogP contribution < -0.4 is 0 Å². The second-order valence-corrected chi connectivity index (χ2v) is 6.24. The van der Waals surface area contributed by atoms with E-state index in [1.807, 2.05) is 30.5 Å². The molecule has 0 aliphatic rings. The second-order valence-electron chi connectivity index (χ2n) is 6.24. The van der Waals surface area contributed by atoms with Gasteiger partial charge in [-0.15, -0.1) is 0 Å². The first kappa shape index (κ1) is 16.9. The fourth-order valence-corrected chi connectivity index (χ4v) is 2.71. The number of carbonyl (C=O) groups is 1. The van der Waals surface area contributed by atoms with Crippen molar-refractivity contribution in [3.63, 3.8) is 0 Å². The fourth-order valence-electron chi connectivity index (χ4n) is 2.71. The van der Waals surface area contributed by atoms with Crippen LogP contribution in [0.4, 0.5) is 4.39 Å². The van der Waals surface area contributed by atoms with Crippen molar-refractivity contribution < 1.29 is 9.18 Å². The molecule has 25 heavy (non-hydrogen) atoms. The summed E-state index contributed by atoms with van der Waals surface area (Å²) in [5.74, 6) is -0.345. The predicted octanol–water partition coefficient (Wildman–Crippen LogP) is 5.64. The van der Waals surface area contributed by atoms with Crippen molar-refractivity contribution in [2.24, 2.45) is 0 Å². The van der Waals surface area contributed by atoms with Crippen molar-refractivity contribution in [1.82, 2.24) is 4.57 Å². The van der Waals surface area contributed by atoms with Gasteiger partial charge in [0.25, 0.3) is 0 Å². The van der Waals surface area contributed by atoms with Crippen molar-refractivity contribution in [1.29, 1.82) is 0 Å². The normalized spacial score (nSPS) is 11.2. The SMILES string of the molecule is CC(C)=CCn1cc(C(=O)C=Cc2ccc(F)cc2)c2ccccc21. The molecular weight excluding hydrogens is 313 g/mol. The number of hydrogen-bond donors (Lipinski definition) is 0. The van der Waals surface area contributed by atoms with E-state index >= 15 is 0 Å². The Bertz CT molecular complexity index is 957. The van der Waals surface area contributed by atoms with E-state index in [4.69, 9.17) is 0 Å². The average Bonchev–Trinajstić information content (AvgIpc) is 2.98. The van der Waals surface area contributed by atoms with Gasteiger partial charge in [-0.1, -0.05) is 48.1 Å². The Hall–Kier alpha value is -2.94. The van der Waals surface area contributed by atoms with Gasteiger partial charge in [0.05, 0.1) is 0 Å². The summed E-state index contributed by atoms with van der Waals surface area (Å²) in [4.78, 5) is 12.7. The van der Waals surface area contributed by atoms with Gasteiger partial charge >= 0.3 is 0 Å². The van der Waals surface area contributed by atoms with Crippen molar-refractivity contribution in [2.75, 3.05) is 0 Å². The highest BCUT2D eigenvalue weighted by molar-refractivity contribution is 6.14. The third-order valence-corrected chi connectivity index (χ3v) is 4.05. The van der Waals surface area contributed by atoms with Crippen molar-refractivity contribution >= 4 is 22.8 Å². The molecule has 126 valence electrons. The number of para-hydroxylation sites is 1. The largest absolute Gasteiger partial charge is 0.343 e. The van der Waals surface area contributed by atoms with Gasteiger partial charge in [-0.05, 0) is 43.7 Å². The number of allylic oxidation sites excluding steroid dienone is 3. The number of nitrogens with zero attached hydrogens (tertiary/aromatic N) is 1. The number of benzene rings is 2. The Labute approximate surface area is 146 Å². The van der Waals surface area contributed by atoms with E-state index in [-0.39, 0.29) is 11.6 Å². The molecule has 3 rings (SSSR count). The van der Waals surface area contributed by atoms with Crippen LogP contribution in [-0.2, 0) is 6.54 Å². The van der Waals surface area contributed by atoms with Crippen LogP contribution in [0.3, 0.4) is 0 Å². The number of rotatable bonds is 5. The van der Waals surface area contributed by atoms with Crippen LogP contribution in [0.2, 0.25) is 0 Å². The molecule has 0 unspecified atom stereocenters. The standard InChI is InChI=1S/C22H20FNO/c1-16(2)13-14-24-15-20(19-5-3-4-6-21(19)24)22(25)12-9-17-7-10-18(23)11-8-17/h3-13,15H,14H2,1-2H3. The van der Waals surface area contributed by atoms with Gasteiger partial charge in [-0.3, -0.25) is 4.79 Å². The lowest BCUT2D eigenvalue weighted by Gasteiger charge is -2.01. The maximum Gasteiger partial charge on any atom is 0.188 e. The molecule has 2 aromatic carbocycles. The first-order valence-electron chi connectivity index (χ1n) is 8.24. The Morgan fingerprint density at radius 2 is 1.80 bits per heavy atom. The first-order chi connectivity index (χ1) is 12.0. The number of ketones is 1. The zero-order valence-corrected chi connectivity index (χ0v) is 14.4. The quantitative estimate of drug-likeness (QED) is 0.336. The summed E-state index contributed by atoms with van der Waals surface area (Å²) < 4.78 is 15.0. The van der Waals surface area contributed by atoms with Crippen LogP contribution in [-0.4, -0.2) is 10.4 Å². The third kappa shape index (κ3) is 3.94. The molecule has 0 bridgehead atoms. The zero-order chi connectivity index (χ0) is 17.8. The van der Waals surface area contributed by atoms with E-state index in [1.165, 1.54) is 17.7 Å². The zero-order valence-electron chi connectivity index (χ0n) is 14.4. The monoisotopic (exact) mass is 333 g/mol. The van der Waals surface area contributed by atoms with Crippen molar-refractivity contribution in [2.45, 2.75) is 20.4 Å². The summed E-state index contributed by atoms with van der Waals surface area (Å²) in [7, 11) is 0. The third-order valence-electron chi connectivity index (χ3n) is 4.05. The molecule has 0 aliphatic carbocycles. The number of halogens is 1. The lowest BCUT2D eigenvalue weighted by molar-refractivity contribution is 0.104. The Balaban J connectivity index is 1.93. The molecule has 3 aromatic rings. The Morgan fingerprint density at radius 3 is 2.52 bits per heavy atom. The van der Waals surface area contributed by atoms with Crippen LogP contribution in [0.15, 0.2) is 72.5 Å². The lowest BCUT2D eigenvalue weighted by atomic mass is 10.1. The number of aromatic nitrogens is 1. The van der Waals surface area contributed by atoms with Gasteiger partial charge in [0.1, 0.15) is 5.82 Å². The molecule has 2 nitrogen and oxygen atoms in total. The van der Waals surface area contributed by atoms with Gasteiger partial charge in [0.2, 0.25) is 0 Å². The van der Waals surface area contributed by atoms with E-state index in [0.717, 1.165) is 23.0 Å². The minimum atomic E-state index is -0.286. The summed E-state index contributed by atoms with van der Waals surface area (Å²) in [5.41, 5.74) is 3.75. The topological polar surface area (TPSA) is 22.0 Å². The minimum absolute atomic E-state index is 0.0588. The molecule has 0 fully saturated rings. The van der Waals surface area contributed by atoms with E-state index in [0.29, 0.717) is 5.56 Å². The summed E-state index contributed by atoms with van der Waals surface area (Å²) in [6, 6.07) is 14.0. The molecule has 1 aromatic heterocycles.